The molecule has 0 aromatic rings. The average Bonchev–Trinajstić information content (AvgIpc) is 2.65. The van der Waals surface area contributed by atoms with Crippen molar-refractivity contribution in [3.05, 3.63) is 0 Å². The molecule has 7 heteroatoms. The molecule has 0 aromatic heterocycles. The minimum Gasteiger partial charge on any atom is -0.394 e. The Hall–Kier alpha value is -1.18. The number of imide groups is 1. The first-order valence-electron chi connectivity index (χ1n) is 5.58. The number of nitrogens with one attached hydrogen (secondary N) is 1. The molecule has 0 radical (unpaired) electrons. The molecule has 2 fully saturated rings. The van der Waals surface area contributed by atoms with Crippen molar-refractivity contribution in [2.75, 3.05) is 13.2 Å². The summed E-state index contributed by atoms with van der Waals surface area (Å²) < 4.78 is 5.37. The van der Waals surface area contributed by atoms with Crippen molar-refractivity contribution in [3.63, 3.8) is 0 Å². The summed E-state index contributed by atoms with van der Waals surface area (Å²) in [5, 5.41) is 20.8. The van der Waals surface area contributed by atoms with Gasteiger partial charge in [-0.1, -0.05) is 6.92 Å². The Morgan fingerprint density at radius 1 is 1.53 bits per heavy atom. The highest BCUT2D eigenvalue weighted by atomic mass is 16.5. The number of amides is 3. The van der Waals surface area contributed by atoms with Crippen LogP contribution in [0.3, 0.4) is 0 Å². The number of ether oxygens (including phenoxy) is 1. The molecule has 2 heterocycles. The van der Waals surface area contributed by atoms with E-state index in [1.807, 2.05) is 0 Å². The second-order valence-corrected chi connectivity index (χ2v) is 4.46. The normalized spacial score (nSPS) is 38.4. The summed E-state index contributed by atoms with van der Waals surface area (Å²) in [7, 11) is 0. The maximum Gasteiger partial charge on any atom is 0.326 e. The molecule has 2 saturated heterocycles. The maximum absolute atomic E-state index is 11.6. The fourth-order valence-electron chi connectivity index (χ4n) is 2.08. The Balaban J connectivity index is 2.03. The predicted molar refractivity (Wildman–Crippen MR) is 55.8 cm³/mol. The topological polar surface area (TPSA) is 99.1 Å². The van der Waals surface area contributed by atoms with Crippen LogP contribution in [0.2, 0.25) is 0 Å². The van der Waals surface area contributed by atoms with Crippen molar-refractivity contribution in [1.82, 2.24) is 10.2 Å². The molecule has 2 rings (SSSR count). The van der Waals surface area contributed by atoms with Gasteiger partial charge in [0.15, 0.2) is 0 Å². The van der Waals surface area contributed by atoms with Gasteiger partial charge in [-0.2, -0.15) is 0 Å². The molecule has 2 aliphatic heterocycles. The van der Waals surface area contributed by atoms with Crippen molar-refractivity contribution in [2.24, 2.45) is 5.92 Å². The molecule has 3 N–H and O–H groups in total. The van der Waals surface area contributed by atoms with Crippen LogP contribution in [0.4, 0.5) is 4.79 Å². The number of carbonyl (C=O) groups is 2. The van der Waals surface area contributed by atoms with Crippen LogP contribution in [0.25, 0.3) is 0 Å². The lowest BCUT2D eigenvalue weighted by molar-refractivity contribution is -0.128. The molecule has 0 aliphatic carbocycles. The molecule has 7 nitrogen and oxygen atoms in total. The Kier molecular flexibility index (Phi) is 3.32. The van der Waals surface area contributed by atoms with Gasteiger partial charge >= 0.3 is 6.03 Å². The largest absolute Gasteiger partial charge is 0.394 e. The number of carbonyl (C=O) groups excluding carboxylic acids is 2. The number of rotatable bonds is 2. The van der Waals surface area contributed by atoms with Gasteiger partial charge in [-0.15, -0.1) is 0 Å². The van der Waals surface area contributed by atoms with E-state index in [4.69, 9.17) is 9.84 Å². The van der Waals surface area contributed by atoms with Gasteiger partial charge in [0.2, 0.25) is 5.91 Å². The van der Waals surface area contributed by atoms with Crippen LogP contribution in [0.15, 0.2) is 0 Å². The van der Waals surface area contributed by atoms with Crippen LogP contribution in [0, 0.1) is 5.92 Å². The van der Waals surface area contributed by atoms with Crippen molar-refractivity contribution in [1.29, 1.82) is 0 Å². The molecule has 3 unspecified atom stereocenters. The Labute approximate surface area is 98.3 Å². The summed E-state index contributed by atoms with van der Waals surface area (Å²) in [6, 6.07) is -0.510. The smallest absolute Gasteiger partial charge is 0.326 e. The zero-order valence-corrected chi connectivity index (χ0v) is 9.50. The van der Waals surface area contributed by atoms with E-state index in [0.29, 0.717) is 0 Å². The molecule has 0 bridgehead atoms. The standard InChI is InChI=1S/C10H16N2O5/c1-5-3-12(10(16)11-9(5)15)8-2-6(14)7(4-13)17-8/h5-8,13-14H,2-4H2,1H3,(H,11,15,16)/t5-,6?,7?,8?/m0/s1. The van der Waals surface area contributed by atoms with Crippen LogP contribution >= 0.6 is 0 Å². The quantitative estimate of drug-likeness (QED) is 0.557. The van der Waals surface area contributed by atoms with E-state index in [1.54, 1.807) is 6.92 Å². The molecule has 4 atom stereocenters. The number of urea groups is 1. The predicted octanol–water partition coefficient (Wildman–Crippen LogP) is -1.36. The zero-order valence-electron chi connectivity index (χ0n) is 9.50. The van der Waals surface area contributed by atoms with Gasteiger partial charge in [-0.3, -0.25) is 15.0 Å². The van der Waals surface area contributed by atoms with Gasteiger partial charge in [0.1, 0.15) is 12.3 Å². The summed E-state index contributed by atoms with van der Waals surface area (Å²) in [5.74, 6) is -0.606. The van der Waals surface area contributed by atoms with E-state index >= 15 is 0 Å². The highest BCUT2D eigenvalue weighted by Gasteiger charge is 2.41. The third-order valence-electron chi connectivity index (χ3n) is 3.14. The zero-order chi connectivity index (χ0) is 12.6. The van der Waals surface area contributed by atoms with E-state index in [9.17, 15) is 14.7 Å². The number of nitrogens with zero attached hydrogens (tertiary/aromatic N) is 1. The van der Waals surface area contributed by atoms with Crippen LogP contribution in [0.1, 0.15) is 13.3 Å². The molecule has 0 spiro atoms. The average molecular weight is 244 g/mol. The molecule has 0 saturated carbocycles. The minimum absolute atomic E-state index is 0.250. The van der Waals surface area contributed by atoms with Crippen LogP contribution in [-0.4, -0.2) is 58.6 Å². The number of aliphatic hydroxyl groups excluding tert-OH is 2. The summed E-state index contributed by atoms with van der Waals surface area (Å²) >= 11 is 0. The van der Waals surface area contributed by atoms with Crippen LogP contribution in [-0.2, 0) is 9.53 Å². The fourth-order valence-corrected chi connectivity index (χ4v) is 2.08. The fraction of sp³-hybridized carbons (Fsp3) is 0.800. The molecule has 0 aromatic carbocycles. The lowest BCUT2D eigenvalue weighted by Gasteiger charge is -2.34. The van der Waals surface area contributed by atoms with Gasteiger partial charge in [-0.25, -0.2) is 4.79 Å². The van der Waals surface area contributed by atoms with Gasteiger partial charge in [0.05, 0.1) is 18.6 Å². The highest BCUT2D eigenvalue weighted by Crippen LogP contribution is 2.25. The monoisotopic (exact) mass is 244 g/mol. The van der Waals surface area contributed by atoms with Crippen LogP contribution in [0.5, 0.6) is 0 Å². The first-order chi connectivity index (χ1) is 8.02. The van der Waals surface area contributed by atoms with Crippen molar-refractivity contribution in [2.45, 2.75) is 31.8 Å². The molecule has 3 amide bonds. The Morgan fingerprint density at radius 2 is 2.24 bits per heavy atom. The lowest BCUT2D eigenvalue weighted by atomic mass is 10.1. The SMILES string of the molecule is C[C@H]1CN(C2CC(O)C(CO)O2)C(=O)NC1=O. The molecular formula is C10H16N2O5. The lowest BCUT2D eigenvalue weighted by Crippen LogP contribution is -2.57. The second-order valence-electron chi connectivity index (χ2n) is 4.46. The highest BCUT2D eigenvalue weighted by molar-refractivity contribution is 5.97. The summed E-state index contributed by atoms with van der Waals surface area (Å²) in [6.07, 6.45) is -1.79. The number of aliphatic hydroxyl groups is 2. The third kappa shape index (κ3) is 2.26. The molecule has 96 valence electrons. The first-order valence-corrected chi connectivity index (χ1v) is 5.58. The third-order valence-corrected chi connectivity index (χ3v) is 3.14. The van der Waals surface area contributed by atoms with E-state index < -0.39 is 24.5 Å². The van der Waals surface area contributed by atoms with Gasteiger partial charge in [-0.05, 0) is 0 Å². The van der Waals surface area contributed by atoms with E-state index in [1.165, 1.54) is 4.90 Å². The number of hydrogen-bond acceptors (Lipinski definition) is 5. The van der Waals surface area contributed by atoms with Crippen molar-refractivity contribution < 1.29 is 24.5 Å². The van der Waals surface area contributed by atoms with Crippen LogP contribution < -0.4 is 5.32 Å². The minimum atomic E-state index is -0.786. The van der Waals surface area contributed by atoms with E-state index in [0.717, 1.165) is 0 Å². The Bertz CT molecular complexity index is 335. The second kappa shape index (κ2) is 4.59. The number of hydrogen-bond donors (Lipinski definition) is 3. The van der Waals surface area contributed by atoms with Gasteiger partial charge in [0.25, 0.3) is 0 Å². The molecular weight excluding hydrogens is 228 g/mol. The summed E-state index contributed by atoms with van der Waals surface area (Å²) in [5.41, 5.74) is 0. The Morgan fingerprint density at radius 3 is 2.82 bits per heavy atom. The maximum atomic E-state index is 11.6. The van der Waals surface area contributed by atoms with Crippen molar-refractivity contribution >= 4 is 11.9 Å². The molecule has 2 aliphatic rings. The van der Waals surface area contributed by atoms with Gasteiger partial charge in [0, 0.05) is 13.0 Å². The van der Waals surface area contributed by atoms with E-state index in [2.05, 4.69) is 5.32 Å². The summed E-state index contributed by atoms with van der Waals surface area (Å²) in [6.45, 7) is 1.69. The summed E-state index contributed by atoms with van der Waals surface area (Å²) in [4.78, 5) is 24.2. The van der Waals surface area contributed by atoms with Gasteiger partial charge < -0.3 is 14.9 Å². The first kappa shape index (κ1) is 12.3. The molecule has 17 heavy (non-hydrogen) atoms. The van der Waals surface area contributed by atoms with E-state index in [-0.39, 0.29) is 31.4 Å². The van der Waals surface area contributed by atoms with Crippen molar-refractivity contribution in [3.8, 4) is 0 Å².